The van der Waals surface area contributed by atoms with E-state index in [-0.39, 0.29) is 0 Å². The van der Waals surface area contributed by atoms with Crippen molar-refractivity contribution in [2.75, 3.05) is 31.1 Å². The highest BCUT2D eigenvalue weighted by atomic mass is 35.5. The molecule has 0 bridgehead atoms. The zero-order chi connectivity index (χ0) is 17.2. The van der Waals surface area contributed by atoms with Gasteiger partial charge in [-0.2, -0.15) is 0 Å². The van der Waals surface area contributed by atoms with Gasteiger partial charge in [0.25, 0.3) is 0 Å². The Labute approximate surface area is 152 Å². The lowest BCUT2D eigenvalue weighted by Gasteiger charge is -2.19. The van der Waals surface area contributed by atoms with Crippen molar-refractivity contribution in [2.24, 2.45) is 17.0 Å². The van der Waals surface area contributed by atoms with Gasteiger partial charge in [-0.1, -0.05) is 16.8 Å². The zero-order valence-electron chi connectivity index (χ0n) is 14.2. The highest BCUT2D eigenvalue weighted by molar-refractivity contribution is 6.30. The Bertz CT molecular complexity index is 765. The van der Waals surface area contributed by atoms with Gasteiger partial charge in [0, 0.05) is 43.0 Å². The molecule has 1 N–H and O–H groups in total. The van der Waals surface area contributed by atoms with E-state index >= 15 is 0 Å². The van der Waals surface area contributed by atoms with Crippen LogP contribution in [0.2, 0.25) is 5.02 Å². The molecule has 0 radical (unpaired) electrons. The maximum atomic E-state index is 5.88. The van der Waals surface area contributed by atoms with Crippen LogP contribution >= 0.6 is 11.6 Å². The largest absolute Gasteiger partial charge is 0.370 e. The summed E-state index contributed by atoms with van der Waals surface area (Å²) in [6, 6.07) is 9.30. The van der Waals surface area contributed by atoms with Gasteiger partial charge in [-0.25, -0.2) is 0 Å². The van der Waals surface area contributed by atoms with E-state index in [0.29, 0.717) is 10.8 Å². The molecule has 1 aromatic carbocycles. The topological polar surface area (TPSA) is 49.8 Å². The molecule has 6 heteroatoms. The number of benzene rings is 1. The van der Waals surface area contributed by atoms with Crippen molar-refractivity contribution in [3.8, 4) is 5.75 Å². The molecular formula is C19H21ClN4O. The Hall–Kier alpha value is -2.11. The van der Waals surface area contributed by atoms with Crippen molar-refractivity contribution in [1.29, 1.82) is 0 Å². The number of halogens is 1. The maximum Gasteiger partial charge on any atom is 0.158 e. The molecule has 2 aliphatic rings. The summed E-state index contributed by atoms with van der Waals surface area (Å²) in [5.41, 5.74) is 2.93. The SMILES string of the molecule is CC(=NOc1ccc(Cl)cc1)c1cncc(N2C[C@H]3CNC[C@H]3C2)c1. The summed E-state index contributed by atoms with van der Waals surface area (Å²) in [7, 11) is 0. The number of hydrogen-bond acceptors (Lipinski definition) is 5. The van der Waals surface area contributed by atoms with Crippen LogP contribution in [0.5, 0.6) is 5.75 Å². The van der Waals surface area contributed by atoms with Crippen LogP contribution in [0, 0.1) is 11.8 Å². The summed E-state index contributed by atoms with van der Waals surface area (Å²) in [5.74, 6) is 2.17. The zero-order valence-corrected chi connectivity index (χ0v) is 14.9. The highest BCUT2D eigenvalue weighted by Gasteiger charge is 2.36. The van der Waals surface area contributed by atoms with E-state index in [0.717, 1.165) is 55.0 Å². The second-order valence-electron chi connectivity index (χ2n) is 6.74. The fraction of sp³-hybridized carbons (Fsp3) is 0.368. The van der Waals surface area contributed by atoms with E-state index in [2.05, 4.69) is 26.4 Å². The second kappa shape index (κ2) is 7.02. The molecule has 0 unspecified atom stereocenters. The molecule has 2 saturated heterocycles. The number of oxime groups is 1. The van der Waals surface area contributed by atoms with Gasteiger partial charge in [0.05, 0.1) is 17.6 Å². The third kappa shape index (κ3) is 3.62. The van der Waals surface area contributed by atoms with Crippen LogP contribution in [-0.4, -0.2) is 36.9 Å². The standard InChI is InChI=1S/C19H21ClN4O/c1-13(23-25-19-4-2-17(20)3-5-19)14-6-18(10-22-7-14)24-11-15-8-21-9-16(15)12-24/h2-7,10,15-16,21H,8-9,11-12H2,1H3/t15-,16+. The molecule has 5 nitrogen and oxygen atoms in total. The summed E-state index contributed by atoms with van der Waals surface area (Å²) in [6.07, 6.45) is 3.76. The van der Waals surface area contributed by atoms with E-state index in [1.54, 1.807) is 24.3 Å². The molecule has 0 spiro atoms. The van der Waals surface area contributed by atoms with Gasteiger partial charge in [-0.15, -0.1) is 0 Å². The van der Waals surface area contributed by atoms with Gasteiger partial charge in [0.15, 0.2) is 5.75 Å². The third-order valence-corrected chi connectivity index (χ3v) is 5.25. The van der Waals surface area contributed by atoms with Crippen molar-refractivity contribution in [1.82, 2.24) is 10.3 Å². The quantitative estimate of drug-likeness (QED) is 0.675. The van der Waals surface area contributed by atoms with E-state index < -0.39 is 0 Å². The Kier molecular flexibility index (Phi) is 4.59. The van der Waals surface area contributed by atoms with E-state index in [1.165, 1.54) is 0 Å². The van der Waals surface area contributed by atoms with Gasteiger partial charge >= 0.3 is 0 Å². The van der Waals surface area contributed by atoms with Crippen molar-refractivity contribution < 1.29 is 4.84 Å². The molecule has 2 aliphatic heterocycles. The summed E-state index contributed by atoms with van der Waals surface area (Å²) in [4.78, 5) is 12.3. The molecule has 0 saturated carbocycles. The average Bonchev–Trinajstić information content (AvgIpc) is 3.23. The first-order valence-electron chi connectivity index (χ1n) is 8.57. The van der Waals surface area contributed by atoms with Gasteiger partial charge in [0.2, 0.25) is 0 Å². The number of nitrogens with one attached hydrogen (secondary N) is 1. The third-order valence-electron chi connectivity index (χ3n) is 5.00. The number of anilines is 1. The number of nitrogens with zero attached hydrogens (tertiary/aromatic N) is 3. The van der Waals surface area contributed by atoms with Crippen LogP contribution in [0.25, 0.3) is 0 Å². The van der Waals surface area contributed by atoms with Gasteiger partial charge in [-0.05, 0) is 49.1 Å². The summed E-state index contributed by atoms with van der Waals surface area (Å²) >= 11 is 5.88. The minimum absolute atomic E-state index is 0.660. The fourth-order valence-electron chi connectivity index (χ4n) is 3.53. The first-order chi connectivity index (χ1) is 12.2. The lowest BCUT2D eigenvalue weighted by molar-refractivity contribution is 0.341. The van der Waals surface area contributed by atoms with Crippen LogP contribution < -0.4 is 15.1 Å². The van der Waals surface area contributed by atoms with Crippen LogP contribution in [0.15, 0.2) is 47.9 Å². The Morgan fingerprint density at radius 1 is 1.20 bits per heavy atom. The molecule has 2 atom stereocenters. The molecule has 2 fully saturated rings. The Balaban J connectivity index is 1.47. The highest BCUT2D eigenvalue weighted by Crippen LogP contribution is 2.30. The minimum atomic E-state index is 0.660. The lowest BCUT2D eigenvalue weighted by atomic mass is 10.0. The van der Waals surface area contributed by atoms with Crippen molar-refractivity contribution in [3.05, 3.63) is 53.3 Å². The van der Waals surface area contributed by atoms with Crippen molar-refractivity contribution >= 4 is 23.0 Å². The molecule has 4 rings (SSSR count). The molecule has 25 heavy (non-hydrogen) atoms. The van der Waals surface area contributed by atoms with Crippen molar-refractivity contribution in [2.45, 2.75) is 6.92 Å². The predicted molar refractivity (Wildman–Crippen MR) is 101 cm³/mol. The lowest BCUT2D eigenvalue weighted by Crippen LogP contribution is -2.25. The fourth-order valence-corrected chi connectivity index (χ4v) is 3.66. The molecule has 3 heterocycles. The molecule has 130 valence electrons. The van der Waals surface area contributed by atoms with Crippen LogP contribution in [0.1, 0.15) is 12.5 Å². The number of hydrogen-bond donors (Lipinski definition) is 1. The van der Waals surface area contributed by atoms with E-state index in [1.807, 2.05) is 19.3 Å². The average molecular weight is 357 g/mol. The van der Waals surface area contributed by atoms with Gasteiger partial charge < -0.3 is 15.1 Å². The molecule has 0 aliphatic carbocycles. The number of rotatable bonds is 4. The minimum Gasteiger partial charge on any atom is -0.370 e. The molecule has 0 amide bonds. The Morgan fingerprint density at radius 3 is 2.64 bits per heavy atom. The second-order valence-corrected chi connectivity index (χ2v) is 7.17. The Morgan fingerprint density at radius 2 is 1.92 bits per heavy atom. The monoisotopic (exact) mass is 356 g/mol. The van der Waals surface area contributed by atoms with Crippen LogP contribution in [0.3, 0.4) is 0 Å². The van der Waals surface area contributed by atoms with Crippen molar-refractivity contribution in [3.63, 3.8) is 0 Å². The number of fused-ring (bicyclic) bond motifs is 1. The number of pyridine rings is 1. The molecular weight excluding hydrogens is 336 g/mol. The predicted octanol–water partition coefficient (Wildman–Crippen LogP) is 3.19. The summed E-state index contributed by atoms with van der Waals surface area (Å²) in [5, 5.41) is 8.38. The number of aromatic nitrogens is 1. The first-order valence-corrected chi connectivity index (χ1v) is 8.95. The first kappa shape index (κ1) is 16.4. The van der Waals surface area contributed by atoms with Gasteiger partial charge in [0.1, 0.15) is 0 Å². The van der Waals surface area contributed by atoms with Crippen LogP contribution in [0.4, 0.5) is 5.69 Å². The normalized spacial score (nSPS) is 23.0. The molecule has 2 aromatic rings. The summed E-state index contributed by atoms with van der Waals surface area (Å²) < 4.78 is 0. The molecule has 1 aromatic heterocycles. The smallest absolute Gasteiger partial charge is 0.158 e. The summed E-state index contributed by atoms with van der Waals surface area (Å²) in [6.45, 7) is 6.38. The van der Waals surface area contributed by atoms with E-state index in [4.69, 9.17) is 16.4 Å². The maximum absolute atomic E-state index is 5.88. The van der Waals surface area contributed by atoms with Gasteiger partial charge in [-0.3, -0.25) is 4.98 Å². The van der Waals surface area contributed by atoms with Crippen LogP contribution in [-0.2, 0) is 0 Å². The van der Waals surface area contributed by atoms with E-state index in [9.17, 15) is 0 Å².